The third kappa shape index (κ3) is 2.62. The van der Waals surface area contributed by atoms with E-state index in [0.717, 1.165) is 18.1 Å². The third-order valence-corrected chi connectivity index (χ3v) is 2.51. The van der Waals surface area contributed by atoms with E-state index < -0.39 is 0 Å². The lowest BCUT2D eigenvalue weighted by molar-refractivity contribution is 0.603. The molecule has 0 aliphatic carbocycles. The fourth-order valence-electron chi connectivity index (χ4n) is 1.02. The minimum absolute atomic E-state index is 0.106. The Balaban J connectivity index is 2.87. The second-order valence-corrected chi connectivity index (χ2v) is 4.67. The molecule has 0 fully saturated rings. The maximum Gasteiger partial charge on any atom is 0.343 e. The van der Waals surface area contributed by atoms with Gasteiger partial charge < -0.3 is 0 Å². The van der Waals surface area contributed by atoms with Gasteiger partial charge in [-0.1, -0.05) is 32.5 Å². The van der Waals surface area contributed by atoms with Gasteiger partial charge in [-0.2, -0.15) is 0 Å². The van der Waals surface area contributed by atoms with E-state index >= 15 is 0 Å². The molecule has 13 heavy (non-hydrogen) atoms. The summed E-state index contributed by atoms with van der Waals surface area (Å²) in [6.07, 6.45) is 0.949. The van der Waals surface area contributed by atoms with Gasteiger partial charge in [-0.15, -0.1) is 5.10 Å². The summed E-state index contributed by atoms with van der Waals surface area (Å²) < 4.78 is 1.69. The molecule has 0 atom stereocenters. The van der Waals surface area contributed by atoms with E-state index in [-0.39, 0.29) is 5.69 Å². The van der Waals surface area contributed by atoms with Gasteiger partial charge in [-0.25, -0.2) is 9.89 Å². The van der Waals surface area contributed by atoms with Gasteiger partial charge in [0.1, 0.15) is 0 Å². The Kier molecular flexibility index (Phi) is 3.59. The van der Waals surface area contributed by atoms with E-state index in [1.54, 1.807) is 16.3 Å². The van der Waals surface area contributed by atoms with Gasteiger partial charge in [0.05, 0.1) is 0 Å². The van der Waals surface area contributed by atoms with Gasteiger partial charge in [-0.05, 0) is 6.42 Å². The molecule has 1 heterocycles. The van der Waals surface area contributed by atoms with E-state index in [2.05, 4.69) is 24.0 Å². The predicted octanol–water partition coefficient (Wildman–Crippen LogP) is 1.48. The van der Waals surface area contributed by atoms with E-state index in [4.69, 9.17) is 0 Å². The van der Waals surface area contributed by atoms with E-state index in [0.29, 0.717) is 5.25 Å². The van der Waals surface area contributed by atoms with Crippen molar-refractivity contribution in [1.82, 2.24) is 14.8 Å². The Hall–Kier alpha value is -0.710. The molecule has 0 aliphatic rings. The number of hydrogen-bond donors (Lipinski definition) is 1. The van der Waals surface area contributed by atoms with E-state index in [9.17, 15) is 4.79 Å². The minimum atomic E-state index is -0.106. The summed E-state index contributed by atoms with van der Waals surface area (Å²) in [5.41, 5.74) is -0.106. The molecule has 1 aromatic rings. The molecule has 0 aromatic carbocycles. The average molecular weight is 201 g/mol. The Labute approximate surface area is 81.7 Å². The fourth-order valence-corrected chi connectivity index (χ4v) is 1.85. The summed E-state index contributed by atoms with van der Waals surface area (Å²) in [7, 11) is 0. The zero-order chi connectivity index (χ0) is 9.84. The summed E-state index contributed by atoms with van der Waals surface area (Å²) in [6.45, 7) is 6.95. The van der Waals surface area contributed by atoms with Crippen LogP contribution in [0.25, 0.3) is 0 Å². The molecule has 0 amide bonds. The van der Waals surface area contributed by atoms with E-state index in [1.807, 2.05) is 6.92 Å². The molecule has 1 aromatic heterocycles. The van der Waals surface area contributed by atoms with Crippen LogP contribution in [0.5, 0.6) is 0 Å². The molecular weight excluding hydrogens is 186 g/mol. The smallest absolute Gasteiger partial charge is 0.270 e. The maximum atomic E-state index is 11.2. The second-order valence-electron chi connectivity index (χ2n) is 3.13. The molecular formula is C8H15N3OS. The number of nitrogens with one attached hydrogen (secondary N) is 1. The molecule has 0 saturated carbocycles. The molecule has 74 valence electrons. The van der Waals surface area contributed by atoms with Gasteiger partial charge in [0.2, 0.25) is 0 Å². The first-order valence-electron chi connectivity index (χ1n) is 4.47. The van der Waals surface area contributed by atoms with Crippen LogP contribution in [-0.4, -0.2) is 20.0 Å². The molecule has 0 aliphatic heterocycles. The summed E-state index contributed by atoms with van der Waals surface area (Å²) in [6, 6.07) is 0. The van der Waals surface area contributed by atoms with Crippen molar-refractivity contribution in [3.8, 4) is 0 Å². The highest BCUT2D eigenvalue weighted by molar-refractivity contribution is 7.99. The summed E-state index contributed by atoms with van der Waals surface area (Å²) in [5.74, 6) is 0. The summed E-state index contributed by atoms with van der Waals surface area (Å²) in [4.78, 5) is 11.2. The zero-order valence-electron chi connectivity index (χ0n) is 8.20. The average Bonchev–Trinajstić information content (AvgIpc) is 2.35. The zero-order valence-corrected chi connectivity index (χ0v) is 9.02. The second kappa shape index (κ2) is 4.50. The minimum Gasteiger partial charge on any atom is -0.270 e. The van der Waals surface area contributed by atoms with Gasteiger partial charge in [0.25, 0.3) is 0 Å². The number of nitrogens with zero attached hydrogens (tertiary/aromatic N) is 2. The van der Waals surface area contributed by atoms with Crippen molar-refractivity contribution in [1.29, 1.82) is 0 Å². The number of hydrogen-bond acceptors (Lipinski definition) is 3. The molecule has 5 heteroatoms. The number of aromatic amines is 1. The topological polar surface area (TPSA) is 50.7 Å². The summed E-state index contributed by atoms with van der Waals surface area (Å²) in [5, 5.41) is 7.67. The van der Waals surface area contributed by atoms with Crippen molar-refractivity contribution in [3.05, 3.63) is 10.5 Å². The van der Waals surface area contributed by atoms with Crippen molar-refractivity contribution in [2.75, 3.05) is 0 Å². The number of H-pyrrole nitrogens is 1. The Morgan fingerprint density at radius 2 is 2.31 bits per heavy atom. The van der Waals surface area contributed by atoms with E-state index in [1.165, 1.54) is 0 Å². The monoisotopic (exact) mass is 201 g/mol. The highest BCUT2D eigenvalue weighted by atomic mass is 32.2. The SMILES string of the molecule is CCCn1c(SC(C)C)n[nH]c1=O. The first-order chi connectivity index (χ1) is 6.15. The molecule has 1 rings (SSSR count). The first-order valence-corrected chi connectivity index (χ1v) is 5.35. The van der Waals surface area contributed by atoms with Crippen LogP contribution in [0.2, 0.25) is 0 Å². The molecule has 1 N–H and O–H groups in total. The van der Waals surface area contributed by atoms with Crippen LogP contribution in [0.1, 0.15) is 27.2 Å². The highest BCUT2D eigenvalue weighted by Crippen LogP contribution is 2.18. The maximum absolute atomic E-state index is 11.2. The van der Waals surface area contributed by atoms with Crippen LogP contribution < -0.4 is 5.69 Å². The van der Waals surface area contributed by atoms with Gasteiger partial charge in [-0.3, -0.25) is 4.57 Å². The number of rotatable bonds is 4. The Bertz CT molecular complexity index is 315. The molecule has 0 unspecified atom stereocenters. The molecule has 0 bridgehead atoms. The molecule has 0 spiro atoms. The van der Waals surface area contributed by atoms with Crippen molar-refractivity contribution in [3.63, 3.8) is 0 Å². The fraction of sp³-hybridized carbons (Fsp3) is 0.750. The van der Waals surface area contributed by atoms with Crippen molar-refractivity contribution < 1.29 is 0 Å². The van der Waals surface area contributed by atoms with Gasteiger partial charge in [0.15, 0.2) is 5.16 Å². The first kappa shape index (κ1) is 10.4. The van der Waals surface area contributed by atoms with Crippen LogP contribution in [0.15, 0.2) is 9.95 Å². The van der Waals surface area contributed by atoms with Crippen LogP contribution in [0, 0.1) is 0 Å². The predicted molar refractivity (Wildman–Crippen MR) is 54.1 cm³/mol. The van der Waals surface area contributed by atoms with Crippen molar-refractivity contribution >= 4 is 11.8 Å². The summed E-state index contributed by atoms with van der Waals surface area (Å²) >= 11 is 1.61. The van der Waals surface area contributed by atoms with Crippen LogP contribution in [0.4, 0.5) is 0 Å². The van der Waals surface area contributed by atoms with Crippen molar-refractivity contribution in [2.45, 2.75) is 44.1 Å². The number of aromatic nitrogens is 3. The Morgan fingerprint density at radius 3 is 2.85 bits per heavy atom. The normalized spacial score (nSPS) is 11.1. The lowest BCUT2D eigenvalue weighted by Gasteiger charge is -2.04. The largest absolute Gasteiger partial charge is 0.343 e. The third-order valence-electron chi connectivity index (χ3n) is 1.51. The molecule has 0 radical (unpaired) electrons. The Morgan fingerprint density at radius 1 is 1.62 bits per heavy atom. The van der Waals surface area contributed by atoms with Crippen LogP contribution in [0.3, 0.4) is 0 Å². The molecule has 4 nitrogen and oxygen atoms in total. The lowest BCUT2D eigenvalue weighted by atomic mass is 10.5. The standard InChI is InChI=1S/C8H15N3OS/c1-4-5-11-7(12)9-10-8(11)13-6(2)3/h6H,4-5H2,1-3H3,(H,9,12). The highest BCUT2D eigenvalue weighted by Gasteiger charge is 2.08. The lowest BCUT2D eigenvalue weighted by Crippen LogP contribution is -2.17. The van der Waals surface area contributed by atoms with Crippen LogP contribution in [-0.2, 0) is 6.54 Å². The number of thioether (sulfide) groups is 1. The molecule has 0 saturated heterocycles. The van der Waals surface area contributed by atoms with Crippen molar-refractivity contribution in [2.24, 2.45) is 0 Å². The quantitative estimate of drug-likeness (QED) is 0.751. The van der Waals surface area contributed by atoms with Gasteiger partial charge >= 0.3 is 5.69 Å². The van der Waals surface area contributed by atoms with Crippen LogP contribution >= 0.6 is 11.8 Å². The van der Waals surface area contributed by atoms with Gasteiger partial charge in [0, 0.05) is 11.8 Å².